The second kappa shape index (κ2) is 6.76. The van der Waals surface area contributed by atoms with Crippen LogP contribution < -0.4 is 9.96 Å². The molecule has 0 spiro atoms. The fourth-order valence-electron chi connectivity index (χ4n) is 3.92. The molecule has 3 atom stereocenters. The lowest BCUT2D eigenvalue weighted by atomic mass is 9.94. The van der Waals surface area contributed by atoms with Crippen molar-refractivity contribution in [1.82, 2.24) is 0 Å². The zero-order chi connectivity index (χ0) is 20.1. The Morgan fingerprint density at radius 3 is 2.24 bits per heavy atom. The predicted molar refractivity (Wildman–Crippen MR) is 107 cm³/mol. The van der Waals surface area contributed by atoms with E-state index in [1.807, 2.05) is 19.1 Å². The summed E-state index contributed by atoms with van der Waals surface area (Å²) in [5, 5.41) is 2.16. The summed E-state index contributed by atoms with van der Waals surface area (Å²) in [7, 11) is 0. The van der Waals surface area contributed by atoms with Crippen molar-refractivity contribution in [2.75, 3.05) is 9.96 Å². The maximum atomic E-state index is 13.4. The normalized spacial score (nSPS) is 23.7. The maximum absolute atomic E-state index is 13.4. The summed E-state index contributed by atoms with van der Waals surface area (Å²) in [6, 6.07) is 17.3. The Labute approximate surface area is 172 Å². The number of imide groups is 1. The van der Waals surface area contributed by atoms with Gasteiger partial charge in [0, 0.05) is 5.02 Å². The molecule has 2 aliphatic rings. The molecule has 2 fully saturated rings. The van der Waals surface area contributed by atoms with Gasteiger partial charge in [0.05, 0.1) is 17.6 Å². The van der Waals surface area contributed by atoms with Gasteiger partial charge >= 0.3 is 0 Å². The van der Waals surface area contributed by atoms with Crippen molar-refractivity contribution < 1.29 is 18.8 Å². The third kappa shape index (κ3) is 2.84. The largest absolute Gasteiger partial charge is 0.467 e. The number of nitrogens with zero attached hydrogens (tertiary/aromatic N) is 2. The van der Waals surface area contributed by atoms with E-state index in [1.165, 1.54) is 4.90 Å². The monoisotopic (exact) mass is 408 g/mol. The van der Waals surface area contributed by atoms with Gasteiger partial charge in [0.1, 0.15) is 17.7 Å². The van der Waals surface area contributed by atoms with E-state index in [0.29, 0.717) is 22.2 Å². The van der Waals surface area contributed by atoms with Gasteiger partial charge in [-0.3, -0.25) is 14.4 Å². The molecule has 0 N–H and O–H groups in total. The average molecular weight is 409 g/mol. The number of amides is 2. The number of halogens is 1. The van der Waals surface area contributed by atoms with Crippen LogP contribution in [0.4, 0.5) is 11.4 Å². The molecule has 2 amide bonds. The summed E-state index contributed by atoms with van der Waals surface area (Å²) in [5.74, 6) is -0.844. The summed E-state index contributed by atoms with van der Waals surface area (Å²) in [6.45, 7) is 1.95. The van der Waals surface area contributed by atoms with Gasteiger partial charge in [-0.2, -0.15) is 0 Å². The fraction of sp³-hybridized carbons (Fsp3) is 0.182. The lowest BCUT2D eigenvalue weighted by Crippen LogP contribution is -2.37. The predicted octanol–water partition coefficient (Wildman–Crippen LogP) is 4.29. The molecule has 2 aromatic carbocycles. The Balaban J connectivity index is 1.56. The zero-order valence-electron chi connectivity index (χ0n) is 15.5. The van der Waals surface area contributed by atoms with Crippen molar-refractivity contribution in [3.63, 3.8) is 0 Å². The lowest BCUT2D eigenvalue weighted by molar-refractivity contribution is -0.126. The van der Waals surface area contributed by atoms with Gasteiger partial charge in [-0.15, -0.1) is 0 Å². The molecule has 3 aromatic rings. The minimum Gasteiger partial charge on any atom is -0.467 e. The molecule has 0 radical (unpaired) electrons. The fourth-order valence-corrected chi connectivity index (χ4v) is 4.05. The van der Waals surface area contributed by atoms with E-state index in [2.05, 4.69) is 0 Å². The highest BCUT2D eigenvalue weighted by Crippen LogP contribution is 2.47. The number of carbonyl (C=O) groups is 2. The minimum atomic E-state index is -0.922. The number of aryl methyl sites for hydroxylation is 1. The molecule has 0 aliphatic carbocycles. The smallest absolute Gasteiger partial charge is 0.266 e. The Morgan fingerprint density at radius 2 is 1.59 bits per heavy atom. The molecule has 0 bridgehead atoms. The number of furan rings is 1. The van der Waals surface area contributed by atoms with Crippen molar-refractivity contribution >= 4 is 34.8 Å². The quantitative estimate of drug-likeness (QED) is 0.605. The number of carbonyl (C=O) groups excluding carboxylic acids is 2. The summed E-state index contributed by atoms with van der Waals surface area (Å²) < 4.78 is 5.61. The molecule has 3 heterocycles. The second-order valence-electron chi connectivity index (χ2n) is 7.16. The third-order valence-corrected chi connectivity index (χ3v) is 5.58. The van der Waals surface area contributed by atoms with Crippen molar-refractivity contribution in [1.29, 1.82) is 0 Å². The Morgan fingerprint density at radius 1 is 0.897 bits per heavy atom. The van der Waals surface area contributed by atoms with Crippen LogP contribution in [0.25, 0.3) is 0 Å². The van der Waals surface area contributed by atoms with E-state index < -0.39 is 18.1 Å². The summed E-state index contributed by atoms with van der Waals surface area (Å²) in [4.78, 5) is 33.7. The average Bonchev–Trinajstić information content (AvgIpc) is 3.41. The van der Waals surface area contributed by atoms with Crippen LogP contribution in [-0.2, 0) is 14.4 Å². The van der Waals surface area contributed by atoms with Crippen molar-refractivity contribution in [3.8, 4) is 0 Å². The summed E-state index contributed by atoms with van der Waals surface area (Å²) in [6.07, 6.45) is 0.622. The third-order valence-electron chi connectivity index (χ3n) is 5.32. The Hall–Kier alpha value is -3.09. The molecule has 0 unspecified atom stereocenters. The van der Waals surface area contributed by atoms with E-state index in [9.17, 15) is 9.59 Å². The van der Waals surface area contributed by atoms with Crippen molar-refractivity contribution in [2.24, 2.45) is 5.92 Å². The first-order valence-corrected chi connectivity index (χ1v) is 9.62. The first kappa shape index (κ1) is 18.0. The van der Waals surface area contributed by atoms with Crippen molar-refractivity contribution in [2.45, 2.75) is 19.1 Å². The first-order chi connectivity index (χ1) is 14.0. The molecule has 5 rings (SSSR count). The van der Waals surface area contributed by atoms with Crippen LogP contribution in [0.15, 0.2) is 71.3 Å². The Kier molecular flexibility index (Phi) is 4.19. The Bertz CT molecular complexity index is 1060. The molecular weight excluding hydrogens is 392 g/mol. The molecule has 1 aromatic heterocycles. The van der Waals surface area contributed by atoms with Gasteiger partial charge in [-0.05, 0) is 55.5 Å². The van der Waals surface area contributed by atoms with Crippen molar-refractivity contribution in [3.05, 3.63) is 83.3 Å². The highest BCUT2D eigenvalue weighted by atomic mass is 35.5. The summed E-state index contributed by atoms with van der Waals surface area (Å²) >= 11 is 6.00. The van der Waals surface area contributed by atoms with Gasteiger partial charge in [0.25, 0.3) is 5.91 Å². The highest BCUT2D eigenvalue weighted by Gasteiger charge is 2.61. The van der Waals surface area contributed by atoms with Crippen LogP contribution in [0.1, 0.15) is 17.4 Å². The number of fused-ring (bicyclic) bond motifs is 1. The first-order valence-electron chi connectivity index (χ1n) is 9.24. The SMILES string of the molecule is Cc1ccc(N2C(=O)[C@H]3[C@@H](ON(c4ccc(Cl)cc4)[C@H]3c3ccco3)C2=O)cc1. The molecule has 2 aliphatic heterocycles. The van der Waals surface area contributed by atoms with E-state index in [0.717, 1.165) is 5.56 Å². The van der Waals surface area contributed by atoms with Gasteiger partial charge in [-0.25, -0.2) is 9.96 Å². The number of hydrogen-bond acceptors (Lipinski definition) is 5. The molecule has 146 valence electrons. The van der Waals surface area contributed by atoms with E-state index in [4.69, 9.17) is 20.9 Å². The van der Waals surface area contributed by atoms with Gasteiger partial charge < -0.3 is 4.42 Å². The zero-order valence-corrected chi connectivity index (χ0v) is 16.2. The molecule has 7 heteroatoms. The van der Waals surface area contributed by atoms with E-state index >= 15 is 0 Å². The molecule has 2 saturated heterocycles. The standard InChI is InChI=1S/C22H17ClN2O4/c1-13-4-8-15(9-5-13)24-21(26)18-19(17-3-2-12-28-17)25(29-20(18)22(24)27)16-10-6-14(23)7-11-16/h2-12,18-20H,1H3/t18-,19+,20-/m1/s1. The van der Waals surface area contributed by atoms with Crippen LogP contribution in [0.3, 0.4) is 0 Å². The molecule has 6 nitrogen and oxygen atoms in total. The van der Waals surface area contributed by atoms with Crippen LogP contribution in [0.5, 0.6) is 0 Å². The molecule has 0 saturated carbocycles. The number of hydrogen-bond donors (Lipinski definition) is 0. The van der Waals surface area contributed by atoms with E-state index in [1.54, 1.807) is 59.9 Å². The van der Waals surface area contributed by atoms with Gasteiger partial charge in [0.15, 0.2) is 6.10 Å². The van der Waals surface area contributed by atoms with Crippen LogP contribution >= 0.6 is 11.6 Å². The van der Waals surface area contributed by atoms with Gasteiger partial charge in [0.2, 0.25) is 5.91 Å². The number of rotatable bonds is 3. The van der Waals surface area contributed by atoms with E-state index in [-0.39, 0.29) is 11.8 Å². The number of anilines is 2. The topological polar surface area (TPSA) is 63.0 Å². The molecular formula is C22H17ClN2O4. The van der Waals surface area contributed by atoms with Crippen LogP contribution in [-0.4, -0.2) is 17.9 Å². The summed E-state index contributed by atoms with van der Waals surface area (Å²) in [5.41, 5.74) is 2.28. The number of hydroxylamine groups is 1. The molecule has 29 heavy (non-hydrogen) atoms. The van der Waals surface area contributed by atoms with Crippen LogP contribution in [0.2, 0.25) is 5.02 Å². The number of benzene rings is 2. The lowest BCUT2D eigenvalue weighted by Gasteiger charge is -2.27. The van der Waals surface area contributed by atoms with Gasteiger partial charge in [-0.1, -0.05) is 29.3 Å². The second-order valence-corrected chi connectivity index (χ2v) is 7.60. The maximum Gasteiger partial charge on any atom is 0.266 e. The highest BCUT2D eigenvalue weighted by molar-refractivity contribution is 6.30. The van der Waals surface area contributed by atoms with Crippen LogP contribution in [0, 0.1) is 12.8 Å². The minimum absolute atomic E-state index is 0.304.